The van der Waals surface area contributed by atoms with Gasteiger partial charge in [-0.25, -0.2) is 0 Å². The minimum absolute atomic E-state index is 0.0853. The van der Waals surface area contributed by atoms with Gasteiger partial charge in [-0.3, -0.25) is 4.90 Å². The third kappa shape index (κ3) is 4.43. The van der Waals surface area contributed by atoms with Crippen LogP contribution >= 0.6 is 0 Å². The predicted octanol–water partition coefficient (Wildman–Crippen LogP) is 2.39. The van der Waals surface area contributed by atoms with Gasteiger partial charge in [-0.1, -0.05) is 30.3 Å². The molecule has 0 spiro atoms. The van der Waals surface area contributed by atoms with Crippen molar-refractivity contribution in [2.24, 2.45) is 0 Å². The number of hydrogen-bond acceptors (Lipinski definition) is 3. The highest BCUT2D eigenvalue weighted by atomic mass is 19.4. The summed E-state index contributed by atoms with van der Waals surface area (Å²) in [6.07, 6.45) is -4.26. The van der Waals surface area contributed by atoms with E-state index in [1.807, 2.05) is 18.2 Å². The number of hydrogen-bond donors (Lipinski definition) is 1. The van der Waals surface area contributed by atoms with Crippen LogP contribution in [0.4, 0.5) is 13.2 Å². The number of benzene rings is 1. The summed E-state index contributed by atoms with van der Waals surface area (Å²) in [6.45, 7) is 3.91. The lowest BCUT2D eigenvalue weighted by molar-refractivity contribution is -0.175. The SMILES string of the molecule is CC1(c2ccccc2)CNCCN1CCOCC(F)(F)F. The molecule has 1 heterocycles. The van der Waals surface area contributed by atoms with Gasteiger partial charge in [0.25, 0.3) is 0 Å². The largest absolute Gasteiger partial charge is 0.411 e. The molecule has 1 atom stereocenters. The molecule has 6 heteroatoms. The fourth-order valence-electron chi connectivity index (χ4n) is 2.71. The van der Waals surface area contributed by atoms with E-state index in [0.717, 1.165) is 25.2 Å². The summed E-state index contributed by atoms with van der Waals surface area (Å²) in [5.41, 5.74) is 0.939. The number of alkyl halides is 3. The molecule has 1 saturated heterocycles. The summed E-state index contributed by atoms with van der Waals surface area (Å²) in [7, 11) is 0. The van der Waals surface area contributed by atoms with Gasteiger partial charge in [0, 0.05) is 26.2 Å². The third-order valence-corrected chi connectivity index (χ3v) is 3.89. The zero-order chi connectivity index (χ0) is 15.3. The van der Waals surface area contributed by atoms with Crippen LogP contribution in [0, 0.1) is 0 Å². The maximum absolute atomic E-state index is 12.1. The number of ether oxygens (including phenoxy) is 1. The number of halogens is 3. The lowest BCUT2D eigenvalue weighted by Gasteiger charge is -2.45. The quantitative estimate of drug-likeness (QED) is 0.845. The first-order valence-corrected chi connectivity index (χ1v) is 7.08. The summed E-state index contributed by atoms with van der Waals surface area (Å²) in [6, 6.07) is 10.0. The van der Waals surface area contributed by atoms with Crippen LogP contribution in [0.3, 0.4) is 0 Å². The Hall–Kier alpha value is -1.11. The molecule has 0 amide bonds. The van der Waals surface area contributed by atoms with E-state index in [4.69, 9.17) is 4.74 Å². The molecule has 0 radical (unpaired) electrons. The number of nitrogens with zero attached hydrogens (tertiary/aromatic N) is 1. The molecule has 0 saturated carbocycles. The van der Waals surface area contributed by atoms with E-state index in [1.54, 1.807) is 0 Å². The fraction of sp³-hybridized carbons (Fsp3) is 0.600. The van der Waals surface area contributed by atoms with Crippen molar-refractivity contribution in [1.82, 2.24) is 10.2 Å². The van der Waals surface area contributed by atoms with Gasteiger partial charge < -0.3 is 10.1 Å². The molecule has 3 nitrogen and oxygen atoms in total. The fourth-order valence-corrected chi connectivity index (χ4v) is 2.71. The van der Waals surface area contributed by atoms with Crippen LogP contribution in [-0.2, 0) is 10.3 Å². The second-order valence-corrected chi connectivity index (χ2v) is 5.47. The third-order valence-electron chi connectivity index (χ3n) is 3.89. The van der Waals surface area contributed by atoms with E-state index in [1.165, 1.54) is 0 Å². The number of rotatable bonds is 5. The lowest BCUT2D eigenvalue weighted by Crippen LogP contribution is -2.58. The minimum atomic E-state index is -4.26. The molecule has 118 valence electrons. The molecule has 21 heavy (non-hydrogen) atoms. The van der Waals surface area contributed by atoms with Gasteiger partial charge in [0.05, 0.1) is 12.1 Å². The molecule has 0 aromatic heterocycles. The highest BCUT2D eigenvalue weighted by Gasteiger charge is 2.35. The first kappa shape index (κ1) is 16.3. The lowest BCUT2D eigenvalue weighted by atomic mass is 9.88. The van der Waals surface area contributed by atoms with E-state index in [0.29, 0.717) is 6.54 Å². The van der Waals surface area contributed by atoms with Crippen molar-refractivity contribution >= 4 is 0 Å². The first-order valence-electron chi connectivity index (χ1n) is 7.08. The molecular weight excluding hydrogens is 281 g/mol. The Morgan fingerprint density at radius 3 is 2.67 bits per heavy atom. The number of piperazine rings is 1. The predicted molar refractivity (Wildman–Crippen MR) is 75.1 cm³/mol. The van der Waals surface area contributed by atoms with E-state index in [9.17, 15) is 13.2 Å². The van der Waals surface area contributed by atoms with E-state index < -0.39 is 12.8 Å². The van der Waals surface area contributed by atoms with Crippen LogP contribution in [0.5, 0.6) is 0 Å². The van der Waals surface area contributed by atoms with Crippen molar-refractivity contribution in [2.45, 2.75) is 18.6 Å². The van der Waals surface area contributed by atoms with Crippen molar-refractivity contribution in [3.63, 3.8) is 0 Å². The van der Waals surface area contributed by atoms with Crippen LogP contribution in [0.25, 0.3) is 0 Å². The molecule has 0 aliphatic carbocycles. The average molecular weight is 302 g/mol. The second kappa shape index (κ2) is 6.77. The Kier molecular flexibility index (Phi) is 5.24. The summed E-state index contributed by atoms with van der Waals surface area (Å²) in [5, 5.41) is 3.36. The Balaban J connectivity index is 1.96. The smallest absolute Gasteiger partial charge is 0.371 e. The van der Waals surface area contributed by atoms with Crippen LogP contribution in [0.1, 0.15) is 12.5 Å². The van der Waals surface area contributed by atoms with Crippen molar-refractivity contribution in [3.8, 4) is 0 Å². The van der Waals surface area contributed by atoms with Gasteiger partial charge in [0.15, 0.2) is 0 Å². The molecule has 2 rings (SSSR count). The summed E-state index contributed by atoms with van der Waals surface area (Å²) >= 11 is 0. The summed E-state index contributed by atoms with van der Waals surface area (Å²) in [5.74, 6) is 0. The van der Waals surface area contributed by atoms with E-state index in [2.05, 4.69) is 29.3 Å². The van der Waals surface area contributed by atoms with Gasteiger partial charge in [-0.05, 0) is 12.5 Å². The second-order valence-electron chi connectivity index (χ2n) is 5.47. The van der Waals surface area contributed by atoms with Gasteiger partial charge in [-0.2, -0.15) is 13.2 Å². The topological polar surface area (TPSA) is 24.5 Å². The Bertz CT molecular complexity index is 438. The minimum Gasteiger partial charge on any atom is -0.371 e. The standard InChI is InChI=1S/C15H21F3N2O/c1-14(13-5-3-2-4-6-13)11-19-7-8-20(14)9-10-21-12-15(16,17)18/h2-6,19H,7-12H2,1H3. The molecule has 1 aromatic rings. The van der Waals surface area contributed by atoms with Crippen LogP contribution in [-0.4, -0.2) is 50.5 Å². The molecule has 1 N–H and O–H groups in total. The Labute approximate surface area is 123 Å². The van der Waals surface area contributed by atoms with Gasteiger partial charge in [0.2, 0.25) is 0 Å². The average Bonchev–Trinajstić information content (AvgIpc) is 2.45. The van der Waals surface area contributed by atoms with Gasteiger partial charge in [0.1, 0.15) is 6.61 Å². The zero-order valence-electron chi connectivity index (χ0n) is 12.1. The maximum atomic E-state index is 12.1. The van der Waals surface area contributed by atoms with Crippen molar-refractivity contribution in [2.75, 3.05) is 39.4 Å². The molecule has 1 aromatic carbocycles. The molecule has 1 aliphatic rings. The summed E-state index contributed by atoms with van der Waals surface area (Å²) in [4.78, 5) is 2.19. The molecule has 0 bridgehead atoms. The van der Waals surface area contributed by atoms with Crippen molar-refractivity contribution in [1.29, 1.82) is 0 Å². The van der Waals surface area contributed by atoms with E-state index in [-0.39, 0.29) is 12.1 Å². The van der Waals surface area contributed by atoms with Crippen LogP contribution in [0.2, 0.25) is 0 Å². The van der Waals surface area contributed by atoms with Crippen LogP contribution < -0.4 is 5.32 Å². The highest BCUT2D eigenvalue weighted by molar-refractivity contribution is 5.25. The van der Waals surface area contributed by atoms with E-state index >= 15 is 0 Å². The molecular formula is C15H21F3N2O. The molecule has 1 unspecified atom stereocenters. The molecule has 1 aliphatic heterocycles. The van der Waals surface area contributed by atoms with Gasteiger partial charge in [-0.15, -0.1) is 0 Å². The van der Waals surface area contributed by atoms with Crippen LogP contribution in [0.15, 0.2) is 30.3 Å². The first-order chi connectivity index (χ1) is 9.92. The van der Waals surface area contributed by atoms with Gasteiger partial charge >= 0.3 is 6.18 Å². The normalized spacial score (nSPS) is 24.2. The summed E-state index contributed by atoms with van der Waals surface area (Å²) < 4.78 is 41.0. The zero-order valence-corrected chi connectivity index (χ0v) is 12.1. The highest BCUT2D eigenvalue weighted by Crippen LogP contribution is 2.29. The Morgan fingerprint density at radius 2 is 2.00 bits per heavy atom. The maximum Gasteiger partial charge on any atom is 0.411 e. The van der Waals surface area contributed by atoms with Crippen molar-refractivity contribution < 1.29 is 17.9 Å². The molecule has 1 fully saturated rings. The van der Waals surface area contributed by atoms with Crippen molar-refractivity contribution in [3.05, 3.63) is 35.9 Å². The monoisotopic (exact) mass is 302 g/mol. The number of nitrogens with one attached hydrogen (secondary N) is 1. The Morgan fingerprint density at radius 1 is 1.29 bits per heavy atom.